The van der Waals surface area contributed by atoms with Gasteiger partial charge in [-0.1, -0.05) is 24.3 Å². The molecule has 0 amide bonds. The van der Waals surface area contributed by atoms with Gasteiger partial charge in [-0.15, -0.1) is 0 Å². The van der Waals surface area contributed by atoms with Crippen molar-refractivity contribution in [2.24, 2.45) is 0 Å². The van der Waals surface area contributed by atoms with E-state index < -0.39 is 0 Å². The first-order valence-electron chi connectivity index (χ1n) is 6.27. The Bertz CT molecular complexity index is 432. The molecule has 0 bridgehead atoms. The molecule has 1 aliphatic carbocycles. The van der Waals surface area contributed by atoms with Crippen LogP contribution in [0.2, 0.25) is 0 Å². The molecule has 0 fully saturated rings. The van der Waals surface area contributed by atoms with Crippen LogP contribution in [0.15, 0.2) is 30.3 Å². The van der Waals surface area contributed by atoms with Crippen molar-refractivity contribution in [1.82, 2.24) is 0 Å². The molecule has 1 aromatic rings. The Morgan fingerprint density at radius 3 is 2.88 bits per heavy atom. The van der Waals surface area contributed by atoms with Gasteiger partial charge in [0, 0.05) is 6.08 Å². The number of rotatable bonds is 2. The largest absolute Gasteiger partial charge is 0.463 e. The molecule has 1 aromatic carbocycles. The molecule has 0 N–H and O–H groups in total. The molecular formula is C15H18O2. The first-order chi connectivity index (χ1) is 8.31. The molecule has 0 aliphatic heterocycles. The number of hydrogen-bond acceptors (Lipinski definition) is 2. The number of carbonyl (C=O) groups is 1. The topological polar surface area (TPSA) is 26.3 Å². The molecule has 0 unspecified atom stereocenters. The summed E-state index contributed by atoms with van der Waals surface area (Å²) in [5, 5.41) is 0. The summed E-state index contributed by atoms with van der Waals surface area (Å²) < 4.78 is 4.99. The number of esters is 1. The molecule has 0 atom stereocenters. The average Bonchev–Trinajstić information content (AvgIpc) is 2.53. The number of benzene rings is 1. The van der Waals surface area contributed by atoms with E-state index in [1.807, 2.05) is 13.0 Å². The van der Waals surface area contributed by atoms with Crippen molar-refractivity contribution in [1.29, 1.82) is 0 Å². The molecule has 0 aromatic heterocycles. The van der Waals surface area contributed by atoms with Gasteiger partial charge in [0.2, 0.25) is 0 Å². The summed E-state index contributed by atoms with van der Waals surface area (Å²) in [5.74, 6) is -0.223. The minimum Gasteiger partial charge on any atom is -0.463 e. The Morgan fingerprint density at radius 1 is 1.29 bits per heavy atom. The second-order valence-corrected chi connectivity index (χ2v) is 4.29. The van der Waals surface area contributed by atoms with Crippen LogP contribution in [0.3, 0.4) is 0 Å². The van der Waals surface area contributed by atoms with Crippen LogP contribution < -0.4 is 0 Å². The fourth-order valence-electron chi connectivity index (χ4n) is 2.29. The summed E-state index contributed by atoms with van der Waals surface area (Å²) in [6.07, 6.45) is 6.07. The van der Waals surface area contributed by atoms with Crippen molar-refractivity contribution < 1.29 is 9.53 Å². The monoisotopic (exact) mass is 230 g/mol. The molecule has 2 rings (SSSR count). The molecule has 0 radical (unpaired) electrons. The minimum atomic E-state index is -0.223. The highest BCUT2D eigenvalue weighted by molar-refractivity contribution is 5.92. The van der Waals surface area contributed by atoms with Crippen molar-refractivity contribution in [3.05, 3.63) is 41.5 Å². The Kier molecular flexibility index (Phi) is 3.97. The van der Waals surface area contributed by atoms with E-state index in [-0.39, 0.29) is 5.97 Å². The van der Waals surface area contributed by atoms with Crippen LogP contribution in [-0.2, 0) is 16.0 Å². The molecule has 0 saturated heterocycles. The van der Waals surface area contributed by atoms with Crippen LogP contribution in [0, 0.1) is 0 Å². The van der Waals surface area contributed by atoms with Gasteiger partial charge < -0.3 is 4.74 Å². The van der Waals surface area contributed by atoms with Crippen LogP contribution >= 0.6 is 0 Å². The number of hydrogen-bond donors (Lipinski definition) is 0. The second kappa shape index (κ2) is 5.67. The highest BCUT2D eigenvalue weighted by Crippen LogP contribution is 2.29. The lowest BCUT2D eigenvalue weighted by molar-refractivity contribution is -0.137. The van der Waals surface area contributed by atoms with Crippen molar-refractivity contribution in [2.75, 3.05) is 6.61 Å². The maximum atomic E-state index is 11.5. The molecule has 0 spiro atoms. The van der Waals surface area contributed by atoms with E-state index in [0.717, 1.165) is 24.8 Å². The van der Waals surface area contributed by atoms with E-state index in [4.69, 9.17) is 4.74 Å². The predicted octanol–water partition coefficient (Wildman–Crippen LogP) is 3.36. The van der Waals surface area contributed by atoms with Crippen molar-refractivity contribution in [3.63, 3.8) is 0 Å². The minimum absolute atomic E-state index is 0.223. The summed E-state index contributed by atoms with van der Waals surface area (Å²) in [6.45, 7) is 2.27. The highest BCUT2D eigenvalue weighted by Gasteiger charge is 2.13. The summed E-state index contributed by atoms with van der Waals surface area (Å²) in [7, 11) is 0. The van der Waals surface area contributed by atoms with Gasteiger partial charge in [0.25, 0.3) is 0 Å². The zero-order valence-corrected chi connectivity index (χ0v) is 10.2. The number of carbonyl (C=O) groups excluding carboxylic acids is 1. The van der Waals surface area contributed by atoms with Crippen LogP contribution in [0.4, 0.5) is 0 Å². The summed E-state index contributed by atoms with van der Waals surface area (Å²) in [5.41, 5.74) is 3.69. The Labute approximate surface area is 102 Å². The third-order valence-electron chi connectivity index (χ3n) is 3.08. The molecule has 17 heavy (non-hydrogen) atoms. The van der Waals surface area contributed by atoms with Crippen molar-refractivity contribution >= 4 is 11.5 Å². The maximum absolute atomic E-state index is 11.5. The lowest BCUT2D eigenvalue weighted by Crippen LogP contribution is -2.01. The van der Waals surface area contributed by atoms with Gasteiger partial charge in [-0.2, -0.15) is 0 Å². The number of fused-ring (bicyclic) bond motifs is 1. The van der Waals surface area contributed by atoms with Crippen LogP contribution in [0.1, 0.15) is 37.3 Å². The third-order valence-corrected chi connectivity index (χ3v) is 3.08. The molecule has 0 heterocycles. The predicted molar refractivity (Wildman–Crippen MR) is 68.6 cm³/mol. The highest BCUT2D eigenvalue weighted by atomic mass is 16.5. The van der Waals surface area contributed by atoms with Gasteiger partial charge in [0.1, 0.15) is 0 Å². The van der Waals surface area contributed by atoms with Gasteiger partial charge >= 0.3 is 5.97 Å². The van der Waals surface area contributed by atoms with Gasteiger partial charge in [0.05, 0.1) is 6.61 Å². The summed E-state index contributed by atoms with van der Waals surface area (Å²) >= 11 is 0. The summed E-state index contributed by atoms with van der Waals surface area (Å²) in [6, 6.07) is 8.35. The van der Waals surface area contributed by atoms with E-state index in [2.05, 4.69) is 18.2 Å². The lowest BCUT2D eigenvalue weighted by atomic mass is 9.98. The average molecular weight is 230 g/mol. The molecule has 90 valence electrons. The molecule has 1 aliphatic rings. The SMILES string of the molecule is CCOC(=O)/C=C1/CCCCc2ccccc21. The maximum Gasteiger partial charge on any atom is 0.331 e. The quantitative estimate of drug-likeness (QED) is 0.442. The first kappa shape index (κ1) is 11.9. The van der Waals surface area contributed by atoms with E-state index in [1.165, 1.54) is 17.5 Å². The van der Waals surface area contributed by atoms with Crippen LogP contribution in [0.25, 0.3) is 5.57 Å². The van der Waals surface area contributed by atoms with Gasteiger partial charge in [-0.05, 0) is 49.3 Å². The molecule has 0 saturated carbocycles. The standard InChI is InChI=1S/C15H18O2/c1-2-17-15(16)11-13-9-4-3-7-12-8-5-6-10-14(12)13/h5-6,8,10-11H,2-4,7,9H2,1H3/b13-11-. The third kappa shape index (κ3) is 2.96. The van der Waals surface area contributed by atoms with E-state index >= 15 is 0 Å². The fourth-order valence-corrected chi connectivity index (χ4v) is 2.29. The van der Waals surface area contributed by atoms with E-state index in [1.54, 1.807) is 6.08 Å². The normalized spacial score (nSPS) is 17.4. The van der Waals surface area contributed by atoms with Crippen molar-refractivity contribution in [3.8, 4) is 0 Å². The fraction of sp³-hybridized carbons (Fsp3) is 0.400. The van der Waals surface area contributed by atoms with Crippen LogP contribution in [0.5, 0.6) is 0 Å². The first-order valence-corrected chi connectivity index (χ1v) is 6.27. The Hall–Kier alpha value is -1.57. The second-order valence-electron chi connectivity index (χ2n) is 4.29. The zero-order chi connectivity index (χ0) is 12.1. The number of ether oxygens (including phenoxy) is 1. The number of aryl methyl sites for hydroxylation is 1. The van der Waals surface area contributed by atoms with Gasteiger partial charge in [0.15, 0.2) is 0 Å². The smallest absolute Gasteiger partial charge is 0.331 e. The zero-order valence-electron chi connectivity index (χ0n) is 10.2. The van der Waals surface area contributed by atoms with E-state index in [0.29, 0.717) is 6.61 Å². The number of allylic oxidation sites excluding steroid dienone is 1. The van der Waals surface area contributed by atoms with Crippen LogP contribution in [-0.4, -0.2) is 12.6 Å². The van der Waals surface area contributed by atoms with Gasteiger partial charge in [-0.3, -0.25) is 0 Å². The Balaban J connectivity index is 2.31. The van der Waals surface area contributed by atoms with E-state index in [9.17, 15) is 4.79 Å². The summed E-state index contributed by atoms with van der Waals surface area (Å²) in [4.78, 5) is 11.5. The molecular weight excluding hydrogens is 212 g/mol. The van der Waals surface area contributed by atoms with Gasteiger partial charge in [-0.25, -0.2) is 4.79 Å². The molecule has 2 nitrogen and oxygen atoms in total. The molecule has 2 heteroatoms. The van der Waals surface area contributed by atoms with Crippen molar-refractivity contribution in [2.45, 2.75) is 32.6 Å². The lowest BCUT2D eigenvalue weighted by Gasteiger charge is -2.08. The Morgan fingerprint density at radius 2 is 2.06 bits per heavy atom.